The molecular weight excluding hydrogens is 235 g/mol. The number of halogens is 2. The highest BCUT2D eigenvalue weighted by Crippen LogP contribution is 2.28. The van der Waals surface area contributed by atoms with E-state index in [1.807, 2.05) is 17.8 Å². The van der Waals surface area contributed by atoms with Gasteiger partial charge in [-0.15, -0.1) is 0 Å². The third-order valence-electron chi connectivity index (χ3n) is 2.06. The molecule has 2 nitrogen and oxygen atoms in total. The van der Waals surface area contributed by atoms with Crippen molar-refractivity contribution in [2.24, 2.45) is 7.05 Å². The number of nitrogens with two attached hydrogens (primary N) is 1. The van der Waals surface area contributed by atoms with Crippen LogP contribution in [-0.4, -0.2) is 4.57 Å². The molecule has 0 fully saturated rings. The average molecular weight is 243 g/mol. The van der Waals surface area contributed by atoms with Crippen molar-refractivity contribution < 1.29 is 4.39 Å². The van der Waals surface area contributed by atoms with E-state index in [9.17, 15) is 4.39 Å². The molecule has 2 aromatic rings. The van der Waals surface area contributed by atoms with Gasteiger partial charge in [-0.3, -0.25) is 0 Å². The molecule has 68 valence electrons. The standard InChI is InChI=1S/C9H8BrFN2/c1-13-4-6(10)5-2-8(12)7(11)3-9(5)13/h2-4H,12H2,1H3. The fraction of sp³-hybridized carbons (Fsp3) is 0.111. The van der Waals surface area contributed by atoms with Crippen molar-refractivity contribution in [1.29, 1.82) is 0 Å². The summed E-state index contributed by atoms with van der Waals surface area (Å²) in [6.07, 6.45) is 1.88. The lowest BCUT2D eigenvalue weighted by atomic mass is 10.2. The third kappa shape index (κ3) is 1.21. The summed E-state index contributed by atoms with van der Waals surface area (Å²) in [5.41, 5.74) is 6.47. The van der Waals surface area contributed by atoms with Crippen LogP contribution in [0.4, 0.5) is 10.1 Å². The van der Waals surface area contributed by atoms with Crippen molar-refractivity contribution in [3.05, 3.63) is 28.6 Å². The van der Waals surface area contributed by atoms with E-state index in [-0.39, 0.29) is 11.5 Å². The largest absolute Gasteiger partial charge is 0.396 e. The summed E-state index contributed by atoms with van der Waals surface area (Å²) >= 11 is 3.38. The van der Waals surface area contributed by atoms with Gasteiger partial charge in [-0.05, 0) is 22.0 Å². The van der Waals surface area contributed by atoms with E-state index >= 15 is 0 Å². The number of hydrogen-bond donors (Lipinski definition) is 1. The average Bonchev–Trinajstić information content (AvgIpc) is 2.31. The lowest BCUT2D eigenvalue weighted by Gasteiger charge is -1.99. The van der Waals surface area contributed by atoms with Gasteiger partial charge in [0.25, 0.3) is 0 Å². The Labute approximate surface area is 83.3 Å². The Morgan fingerprint density at radius 1 is 1.46 bits per heavy atom. The molecule has 13 heavy (non-hydrogen) atoms. The van der Waals surface area contributed by atoms with Crippen molar-refractivity contribution in [2.45, 2.75) is 0 Å². The summed E-state index contributed by atoms with van der Waals surface area (Å²) in [4.78, 5) is 0. The van der Waals surface area contributed by atoms with Crippen molar-refractivity contribution in [3.8, 4) is 0 Å². The molecule has 0 aliphatic heterocycles. The highest BCUT2D eigenvalue weighted by Gasteiger charge is 2.07. The van der Waals surface area contributed by atoms with E-state index in [1.165, 1.54) is 6.07 Å². The maximum absolute atomic E-state index is 13.1. The van der Waals surface area contributed by atoms with Crippen molar-refractivity contribution in [3.63, 3.8) is 0 Å². The Morgan fingerprint density at radius 2 is 2.15 bits per heavy atom. The molecule has 0 unspecified atom stereocenters. The molecule has 0 aliphatic carbocycles. The molecule has 0 bridgehead atoms. The monoisotopic (exact) mass is 242 g/mol. The van der Waals surface area contributed by atoms with E-state index < -0.39 is 0 Å². The first kappa shape index (κ1) is 8.56. The molecular formula is C9H8BrFN2. The fourth-order valence-electron chi connectivity index (χ4n) is 1.37. The molecule has 1 heterocycles. The molecule has 2 rings (SSSR count). The number of rotatable bonds is 0. The molecule has 0 amide bonds. The quantitative estimate of drug-likeness (QED) is 0.708. The number of nitrogen functional groups attached to an aromatic ring is 1. The zero-order valence-corrected chi connectivity index (χ0v) is 8.60. The smallest absolute Gasteiger partial charge is 0.148 e. The minimum absolute atomic E-state index is 0.180. The molecule has 0 aliphatic rings. The number of aryl methyl sites for hydroxylation is 1. The lowest BCUT2D eigenvalue weighted by molar-refractivity contribution is 0.633. The summed E-state index contributed by atoms with van der Waals surface area (Å²) in [5.74, 6) is -0.374. The number of benzene rings is 1. The van der Waals surface area contributed by atoms with Gasteiger partial charge in [0.2, 0.25) is 0 Å². The predicted molar refractivity (Wildman–Crippen MR) is 55.0 cm³/mol. The second-order valence-corrected chi connectivity index (χ2v) is 3.83. The third-order valence-corrected chi connectivity index (χ3v) is 2.69. The van der Waals surface area contributed by atoms with Crippen LogP contribution in [0.2, 0.25) is 0 Å². The van der Waals surface area contributed by atoms with Crippen molar-refractivity contribution >= 4 is 32.5 Å². The maximum atomic E-state index is 13.1. The van der Waals surface area contributed by atoms with E-state index in [4.69, 9.17) is 5.73 Å². The van der Waals surface area contributed by atoms with Gasteiger partial charge in [0, 0.05) is 29.2 Å². The minimum atomic E-state index is -0.374. The van der Waals surface area contributed by atoms with Gasteiger partial charge < -0.3 is 10.3 Å². The van der Waals surface area contributed by atoms with Gasteiger partial charge in [-0.25, -0.2) is 4.39 Å². The van der Waals surface area contributed by atoms with Crippen LogP contribution in [0, 0.1) is 5.82 Å². The van der Waals surface area contributed by atoms with Gasteiger partial charge in [0.05, 0.1) is 11.2 Å². The Hall–Kier alpha value is -1.03. The van der Waals surface area contributed by atoms with E-state index in [2.05, 4.69) is 15.9 Å². The zero-order valence-electron chi connectivity index (χ0n) is 7.01. The normalized spacial score (nSPS) is 11.0. The fourth-order valence-corrected chi connectivity index (χ4v) is 2.00. The van der Waals surface area contributed by atoms with Crippen LogP contribution in [0.3, 0.4) is 0 Å². The SMILES string of the molecule is Cn1cc(Br)c2cc(N)c(F)cc21. The van der Waals surface area contributed by atoms with Crippen LogP contribution in [0.25, 0.3) is 10.9 Å². The van der Waals surface area contributed by atoms with E-state index in [0.29, 0.717) is 0 Å². The number of anilines is 1. The first-order valence-corrected chi connectivity index (χ1v) is 4.58. The van der Waals surface area contributed by atoms with Crippen LogP contribution in [0.1, 0.15) is 0 Å². The van der Waals surface area contributed by atoms with Crippen LogP contribution in [0.15, 0.2) is 22.8 Å². The first-order valence-electron chi connectivity index (χ1n) is 3.79. The molecule has 4 heteroatoms. The van der Waals surface area contributed by atoms with Gasteiger partial charge in [-0.2, -0.15) is 0 Å². The van der Waals surface area contributed by atoms with E-state index in [1.54, 1.807) is 6.07 Å². The topological polar surface area (TPSA) is 30.9 Å². The first-order chi connectivity index (χ1) is 6.09. The molecule has 0 atom stereocenters. The molecule has 2 N–H and O–H groups in total. The van der Waals surface area contributed by atoms with Crippen molar-refractivity contribution in [1.82, 2.24) is 4.57 Å². The number of hydrogen-bond acceptors (Lipinski definition) is 1. The zero-order chi connectivity index (χ0) is 9.59. The molecule has 0 radical (unpaired) electrons. The highest BCUT2D eigenvalue weighted by molar-refractivity contribution is 9.10. The molecule has 0 saturated heterocycles. The summed E-state index contributed by atoms with van der Waals surface area (Å²) in [7, 11) is 1.86. The molecule has 1 aromatic heterocycles. The Kier molecular flexibility index (Phi) is 1.80. The van der Waals surface area contributed by atoms with Gasteiger partial charge in [0.1, 0.15) is 5.82 Å². The Bertz CT molecular complexity index is 434. The van der Waals surface area contributed by atoms with Crippen LogP contribution in [-0.2, 0) is 7.05 Å². The lowest BCUT2D eigenvalue weighted by Crippen LogP contribution is -1.91. The summed E-state index contributed by atoms with van der Waals surface area (Å²) in [5, 5.41) is 0.932. The predicted octanol–water partition coefficient (Wildman–Crippen LogP) is 2.66. The summed E-state index contributed by atoms with van der Waals surface area (Å²) in [6, 6.07) is 3.07. The number of fused-ring (bicyclic) bond motifs is 1. The van der Waals surface area contributed by atoms with Crippen LogP contribution in [0.5, 0.6) is 0 Å². The van der Waals surface area contributed by atoms with Gasteiger partial charge >= 0.3 is 0 Å². The number of aromatic nitrogens is 1. The minimum Gasteiger partial charge on any atom is -0.396 e. The van der Waals surface area contributed by atoms with Gasteiger partial charge in [0.15, 0.2) is 0 Å². The Balaban J connectivity index is 2.91. The maximum Gasteiger partial charge on any atom is 0.148 e. The summed E-state index contributed by atoms with van der Waals surface area (Å²) < 4.78 is 15.9. The second-order valence-electron chi connectivity index (χ2n) is 2.98. The molecule has 1 aromatic carbocycles. The van der Waals surface area contributed by atoms with Crippen molar-refractivity contribution in [2.75, 3.05) is 5.73 Å². The molecule has 0 spiro atoms. The Morgan fingerprint density at radius 3 is 2.85 bits per heavy atom. The van der Waals surface area contributed by atoms with Crippen LogP contribution >= 0.6 is 15.9 Å². The highest BCUT2D eigenvalue weighted by atomic mass is 79.9. The van der Waals surface area contributed by atoms with Crippen LogP contribution < -0.4 is 5.73 Å². The summed E-state index contributed by atoms with van der Waals surface area (Å²) in [6.45, 7) is 0. The van der Waals surface area contributed by atoms with Gasteiger partial charge in [-0.1, -0.05) is 0 Å². The van der Waals surface area contributed by atoms with E-state index in [0.717, 1.165) is 15.4 Å². The second kappa shape index (κ2) is 2.73. The number of nitrogens with zero attached hydrogens (tertiary/aromatic N) is 1. The molecule has 0 saturated carbocycles.